The summed E-state index contributed by atoms with van der Waals surface area (Å²) in [6.07, 6.45) is 2.65. The van der Waals surface area contributed by atoms with Crippen LogP contribution >= 0.6 is 11.6 Å². The van der Waals surface area contributed by atoms with Crippen molar-refractivity contribution >= 4 is 23.4 Å². The number of nitrogens with zero attached hydrogens (tertiary/aromatic N) is 3. The molecular weight excluding hydrogens is 266 g/mol. The van der Waals surface area contributed by atoms with Crippen LogP contribution in [-0.4, -0.2) is 61.3 Å². The summed E-state index contributed by atoms with van der Waals surface area (Å²) in [5.41, 5.74) is 0. The molecule has 2 heterocycles. The number of nitrogens with one attached hydrogen (secondary N) is 2. The van der Waals surface area contributed by atoms with Gasteiger partial charge < -0.3 is 15.4 Å². The van der Waals surface area contributed by atoms with Gasteiger partial charge in [0.15, 0.2) is 0 Å². The van der Waals surface area contributed by atoms with Crippen LogP contribution in [0.5, 0.6) is 0 Å². The van der Waals surface area contributed by atoms with Gasteiger partial charge in [0.25, 0.3) is 0 Å². The van der Waals surface area contributed by atoms with Crippen molar-refractivity contribution in [3.63, 3.8) is 0 Å². The first kappa shape index (κ1) is 14.3. The van der Waals surface area contributed by atoms with Crippen LogP contribution in [0.15, 0.2) is 6.20 Å². The summed E-state index contributed by atoms with van der Waals surface area (Å²) in [5.74, 6) is 1.25. The van der Waals surface area contributed by atoms with Gasteiger partial charge in [-0.1, -0.05) is 11.6 Å². The molecule has 0 spiro atoms. The van der Waals surface area contributed by atoms with E-state index in [4.69, 9.17) is 16.3 Å². The molecule has 0 radical (unpaired) electrons. The van der Waals surface area contributed by atoms with Gasteiger partial charge in [-0.2, -0.15) is 4.98 Å². The first-order valence-electron chi connectivity index (χ1n) is 6.54. The molecule has 106 valence electrons. The lowest BCUT2D eigenvalue weighted by atomic mass is 10.3. The number of morpholine rings is 1. The van der Waals surface area contributed by atoms with Crippen molar-refractivity contribution in [2.24, 2.45) is 0 Å². The first-order chi connectivity index (χ1) is 9.29. The van der Waals surface area contributed by atoms with Crippen LogP contribution in [-0.2, 0) is 4.74 Å². The second-order valence-electron chi connectivity index (χ2n) is 4.37. The average Bonchev–Trinajstić information content (AvgIpc) is 2.46. The molecule has 0 amide bonds. The Morgan fingerprint density at radius 2 is 2.21 bits per heavy atom. The SMILES string of the molecule is CNc1ncc(Cl)c(NCCCN2CCOCC2)n1. The predicted octanol–water partition coefficient (Wildman–Crippen LogP) is 1.31. The summed E-state index contributed by atoms with van der Waals surface area (Å²) < 4.78 is 5.32. The molecule has 2 rings (SSSR count). The highest BCUT2D eigenvalue weighted by atomic mass is 35.5. The minimum Gasteiger partial charge on any atom is -0.379 e. The molecule has 0 atom stereocenters. The van der Waals surface area contributed by atoms with Crippen LogP contribution < -0.4 is 10.6 Å². The van der Waals surface area contributed by atoms with Crippen molar-refractivity contribution in [1.29, 1.82) is 0 Å². The quantitative estimate of drug-likeness (QED) is 0.769. The van der Waals surface area contributed by atoms with Crippen molar-refractivity contribution in [2.45, 2.75) is 6.42 Å². The molecule has 0 aromatic carbocycles. The fraction of sp³-hybridized carbons (Fsp3) is 0.667. The molecule has 1 saturated heterocycles. The topological polar surface area (TPSA) is 62.3 Å². The van der Waals surface area contributed by atoms with E-state index in [1.54, 1.807) is 13.2 Å². The van der Waals surface area contributed by atoms with Crippen LogP contribution in [0.1, 0.15) is 6.42 Å². The highest BCUT2D eigenvalue weighted by Crippen LogP contribution is 2.18. The molecule has 1 aromatic rings. The Kier molecular flexibility index (Phi) is 5.62. The third-order valence-corrected chi connectivity index (χ3v) is 3.29. The predicted molar refractivity (Wildman–Crippen MR) is 77.0 cm³/mol. The summed E-state index contributed by atoms with van der Waals surface area (Å²) in [4.78, 5) is 10.7. The van der Waals surface area contributed by atoms with Gasteiger partial charge in [0.05, 0.1) is 19.4 Å². The van der Waals surface area contributed by atoms with Crippen molar-refractivity contribution in [2.75, 3.05) is 57.1 Å². The minimum atomic E-state index is 0.547. The molecule has 7 heteroatoms. The number of aromatic nitrogens is 2. The molecule has 1 aromatic heterocycles. The fourth-order valence-electron chi connectivity index (χ4n) is 1.95. The molecule has 1 aliphatic heterocycles. The summed E-state index contributed by atoms with van der Waals surface area (Å²) in [5, 5.41) is 6.69. The molecule has 0 saturated carbocycles. The lowest BCUT2D eigenvalue weighted by Crippen LogP contribution is -2.37. The van der Waals surface area contributed by atoms with Gasteiger partial charge in [0.2, 0.25) is 5.95 Å². The first-order valence-corrected chi connectivity index (χ1v) is 6.91. The Balaban J connectivity index is 1.72. The molecule has 1 fully saturated rings. The fourth-order valence-corrected chi connectivity index (χ4v) is 2.10. The molecule has 0 bridgehead atoms. The molecule has 1 aliphatic rings. The van der Waals surface area contributed by atoms with E-state index in [9.17, 15) is 0 Å². The van der Waals surface area contributed by atoms with Gasteiger partial charge in [-0.25, -0.2) is 4.98 Å². The van der Waals surface area contributed by atoms with Gasteiger partial charge in [0, 0.05) is 26.7 Å². The zero-order valence-corrected chi connectivity index (χ0v) is 11.9. The second kappa shape index (κ2) is 7.47. The van der Waals surface area contributed by atoms with Gasteiger partial charge in [-0.3, -0.25) is 4.90 Å². The van der Waals surface area contributed by atoms with Crippen molar-refractivity contribution < 1.29 is 4.74 Å². The van der Waals surface area contributed by atoms with Crippen molar-refractivity contribution in [1.82, 2.24) is 14.9 Å². The van der Waals surface area contributed by atoms with E-state index in [0.717, 1.165) is 45.8 Å². The van der Waals surface area contributed by atoms with E-state index in [1.165, 1.54) is 0 Å². The summed E-state index contributed by atoms with van der Waals surface area (Å²) >= 11 is 6.04. The van der Waals surface area contributed by atoms with E-state index in [-0.39, 0.29) is 0 Å². The Morgan fingerprint density at radius 1 is 1.42 bits per heavy atom. The smallest absolute Gasteiger partial charge is 0.224 e. The standard InChI is InChI=1S/C12H20ClN5O/c1-14-12-16-9-10(13)11(17-12)15-3-2-4-18-5-7-19-8-6-18/h9H,2-8H2,1H3,(H2,14,15,16,17). The van der Waals surface area contributed by atoms with Crippen LogP contribution in [0.3, 0.4) is 0 Å². The zero-order valence-electron chi connectivity index (χ0n) is 11.2. The maximum absolute atomic E-state index is 6.04. The van der Waals surface area contributed by atoms with Crippen LogP contribution in [0.2, 0.25) is 5.02 Å². The molecule has 2 N–H and O–H groups in total. The maximum Gasteiger partial charge on any atom is 0.224 e. The Morgan fingerprint density at radius 3 is 2.95 bits per heavy atom. The monoisotopic (exact) mass is 285 g/mol. The largest absolute Gasteiger partial charge is 0.379 e. The molecule has 0 unspecified atom stereocenters. The number of hydrogen-bond acceptors (Lipinski definition) is 6. The highest BCUT2D eigenvalue weighted by Gasteiger charge is 2.09. The summed E-state index contributed by atoms with van der Waals surface area (Å²) in [7, 11) is 1.78. The van der Waals surface area contributed by atoms with Crippen LogP contribution in [0.4, 0.5) is 11.8 Å². The average molecular weight is 286 g/mol. The molecular formula is C12H20ClN5O. The van der Waals surface area contributed by atoms with Crippen LogP contribution in [0.25, 0.3) is 0 Å². The van der Waals surface area contributed by atoms with E-state index in [2.05, 4.69) is 25.5 Å². The third kappa shape index (κ3) is 4.49. The lowest BCUT2D eigenvalue weighted by Gasteiger charge is -2.26. The van der Waals surface area contributed by atoms with Crippen molar-refractivity contribution in [3.05, 3.63) is 11.2 Å². The number of anilines is 2. The Labute approximate surface area is 118 Å². The zero-order chi connectivity index (χ0) is 13.5. The van der Waals surface area contributed by atoms with Gasteiger partial charge >= 0.3 is 0 Å². The van der Waals surface area contributed by atoms with E-state index in [0.29, 0.717) is 16.8 Å². The van der Waals surface area contributed by atoms with Gasteiger partial charge in [-0.15, -0.1) is 0 Å². The van der Waals surface area contributed by atoms with E-state index < -0.39 is 0 Å². The minimum absolute atomic E-state index is 0.547. The molecule has 19 heavy (non-hydrogen) atoms. The van der Waals surface area contributed by atoms with Crippen LogP contribution in [0, 0.1) is 0 Å². The van der Waals surface area contributed by atoms with Crippen molar-refractivity contribution in [3.8, 4) is 0 Å². The molecule has 0 aliphatic carbocycles. The summed E-state index contributed by atoms with van der Waals surface area (Å²) in [6.45, 7) is 5.65. The highest BCUT2D eigenvalue weighted by molar-refractivity contribution is 6.32. The van der Waals surface area contributed by atoms with E-state index in [1.807, 2.05) is 0 Å². The Hall–Kier alpha value is -1.11. The molecule has 6 nitrogen and oxygen atoms in total. The normalized spacial score (nSPS) is 16.3. The maximum atomic E-state index is 6.04. The lowest BCUT2D eigenvalue weighted by molar-refractivity contribution is 0.0378. The number of ether oxygens (including phenoxy) is 1. The van der Waals surface area contributed by atoms with E-state index >= 15 is 0 Å². The Bertz CT molecular complexity index is 398. The van der Waals surface area contributed by atoms with Gasteiger partial charge in [-0.05, 0) is 13.0 Å². The summed E-state index contributed by atoms with van der Waals surface area (Å²) in [6, 6.07) is 0. The number of rotatable bonds is 6. The third-order valence-electron chi connectivity index (χ3n) is 3.01. The second-order valence-corrected chi connectivity index (χ2v) is 4.78. The van der Waals surface area contributed by atoms with Gasteiger partial charge in [0.1, 0.15) is 10.8 Å². The number of hydrogen-bond donors (Lipinski definition) is 2. The number of halogens is 1.